The molecule has 140 valence electrons. The van der Waals surface area contributed by atoms with Crippen molar-refractivity contribution >= 4 is 22.6 Å². The standard InChI is InChI=1S/C23H30INO/c1-22(2,20-10-8-19(16-24)9-11-20)17-25-14-12-23(18-26,13-15-25)21-6-4-3-5-7-21/h3-11,26H,12-18H2,1-2H3. The molecule has 1 heterocycles. The molecule has 0 aliphatic carbocycles. The molecule has 1 aliphatic rings. The van der Waals surface area contributed by atoms with Crippen molar-refractivity contribution in [3.8, 4) is 0 Å². The zero-order valence-electron chi connectivity index (χ0n) is 15.9. The van der Waals surface area contributed by atoms with Crippen LogP contribution in [0.3, 0.4) is 0 Å². The van der Waals surface area contributed by atoms with Gasteiger partial charge in [0.05, 0.1) is 6.61 Å². The average Bonchev–Trinajstić information content (AvgIpc) is 2.69. The van der Waals surface area contributed by atoms with Gasteiger partial charge in [0.25, 0.3) is 0 Å². The van der Waals surface area contributed by atoms with E-state index in [-0.39, 0.29) is 17.4 Å². The molecule has 0 amide bonds. The molecule has 0 radical (unpaired) electrons. The maximum Gasteiger partial charge on any atom is 0.0528 e. The first kappa shape index (κ1) is 19.8. The lowest BCUT2D eigenvalue weighted by molar-refractivity contribution is 0.0902. The molecule has 3 heteroatoms. The van der Waals surface area contributed by atoms with E-state index in [1.807, 2.05) is 0 Å². The number of hydrogen-bond acceptors (Lipinski definition) is 2. The van der Waals surface area contributed by atoms with Gasteiger partial charge in [0, 0.05) is 21.8 Å². The van der Waals surface area contributed by atoms with Crippen molar-refractivity contribution in [2.75, 3.05) is 26.2 Å². The fourth-order valence-electron chi connectivity index (χ4n) is 4.16. The third-order valence-corrected chi connectivity index (χ3v) is 6.89. The van der Waals surface area contributed by atoms with Crippen LogP contribution in [0.4, 0.5) is 0 Å². The minimum absolute atomic E-state index is 0.0656. The van der Waals surface area contributed by atoms with E-state index in [2.05, 4.69) is 95.9 Å². The number of hydrogen-bond donors (Lipinski definition) is 1. The van der Waals surface area contributed by atoms with Crippen LogP contribution < -0.4 is 0 Å². The minimum Gasteiger partial charge on any atom is -0.395 e. The van der Waals surface area contributed by atoms with Gasteiger partial charge in [-0.2, -0.15) is 0 Å². The molecular weight excluding hydrogens is 433 g/mol. The Kier molecular flexibility index (Phi) is 6.41. The topological polar surface area (TPSA) is 23.5 Å². The molecular formula is C23H30INO. The molecule has 0 atom stereocenters. The van der Waals surface area contributed by atoms with E-state index in [9.17, 15) is 5.11 Å². The van der Waals surface area contributed by atoms with Crippen LogP contribution >= 0.6 is 22.6 Å². The second kappa shape index (κ2) is 8.41. The first-order chi connectivity index (χ1) is 12.5. The Hall–Kier alpha value is -0.910. The fourth-order valence-corrected chi connectivity index (χ4v) is 4.67. The lowest BCUT2D eigenvalue weighted by atomic mass is 9.73. The number of rotatable bonds is 6. The summed E-state index contributed by atoms with van der Waals surface area (Å²) >= 11 is 2.41. The Morgan fingerprint density at radius 3 is 2.15 bits per heavy atom. The normalized spacial score (nSPS) is 18.0. The summed E-state index contributed by atoms with van der Waals surface area (Å²) < 4.78 is 1.06. The van der Waals surface area contributed by atoms with E-state index in [1.54, 1.807) is 0 Å². The number of alkyl halides is 1. The van der Waals surface area contributed by atoms with Crippen LogP contribution in [0.25, 0.3) is 0 Å². The second-order valence-corrected chi connectivity index (χ2v) is 9.06. The molecule has 1 N–H and O–H groups in total. The molecule has 2 aromatic carbocycles. The first-order valence-electron chi connectivity index (χ1n) is 9.53. The number of halogens is 1. The summed E-state index contributed by atoms with van der Waals surface area (Å²) in [6.07, 6.45) is 2.05. The zero-order chi connectivity index (χ0) is 18.6. The highest BCUT2D eigenvalue weighted by Gasteiger charge is 2.37. The molecule has 1 fully saturated rings. The number of aliphatic hydroxyl groups excluding tert-OH is 1. The maximum atomic E-state index is 10.1. The van der Waals surface area contributed by atoms with Gasteiger partial charge in [0.2, 0.25) is 0 Å². The molecule has 0 spiro atoms. The molecule has 0 bridgehead atoms. The molecule has 0 saturated carbocycles. The average molecular weight is 463 g/mol. The van der Waals surface area contributed by atoms with Gasteiger partial charge in [-0.05, 0) is 42.6 Å². The Labute approximate surface area is 171 Å². The Balaban J connectivity index is 1.65. The smallest absolute Gasteiger partial charge is 0.0528 e. The number of likely N-dealkylation sites (tertiary alicyclic amines) is 1. The highest BCUT2D eigenvalue weighted by Crippen LogP contribution is 2.36. The Morgan fingerprint density at radius 2 is 1.62 bits per heavy atom. The van der Waals surface area contributed by atoms with Crippen molar-refractivity contribution in [2.24, 2.45) is 0 Å². The molecule has 0 aromatic heterocycles. The van der Waals surface area contributed by atoms with Gasteiger partial charge < -0.3 is 10.0 Å². The van der Waals surface area contributed by atoms with Crippen LogP contribution in [-0.2, 0) is 15.3 Å². The number of piperidine rings is 1. The highest BCUT2D eigenvalue weighted by molar-refractivity contribution is 14.1. The van der Waals surface area contributed by atoms with Crippen molar-refractivity contribution in [1.29, 1.82) is 0 Å². The monoisotopic (exact) mass is 463 g/mol. The summed E-state index contributed by atoms with van der Waals surface area (Å²) in [5.41, 5.74) is 4.15. The molecule has 0 unspecified atom stereocenters. The van der Waals surface area contributed by atoms with Crippen LogP contribution in [0.1, 0.15) is 43.4 Å². The van der Waals surface area contributed by atoms with E-state index in [1.165, 1.54) is 16.7 Å². The van der Waals surface area contributed by atoms with Crippen LogP contribution in [0, 0.1) is 0 Å². The number of benzene rings is 2. The highest BCUT2D eigenvalue weighted by atomic mass is 127. The molecule has 2 aromatic rings. The summed E-state index contributed by atoms with van der Waals surface area (Å²) in [5, 5.41) is 10.1. The summed E-state index contributed by atoms with van der Waals surface area (Å²) in [7, 11) is 0. The predicted octanol–water partition coefficient (Wildman–Crippen LogP) is 4.93. The Bertz CT molecular complexity index is 688. The van der Waals surface area contributed by atoms with Crippen LogP contribution in [0.15, 0.2) is 54.6 Å². The van der Waals surface area contributed by atoms with Gasteiger partial charge in [-0.3, -0.25) is 0 Å². The van der Waals surface area contributed by atoms with Crippen molar-refractivity contribution in [3.05, 3.63) is 71.3 Å². The third kappa shape index (κ3) is 4.32. The van der Waals surface area contributed by atoms with Gasteiger partial charge in [-0.15, -0.1) is 0 Å². The Morgan fingerprint density at radius 1 is 1.00 bits per heavy atom. The second-order valence-electron chi connectivity index (χ2n) is 8.30. The lowest BCUT2D eigenvalue weighted by Gasteiger charge is -2.43. The van der Waals surface area contributed by atoms with Gasteiger partial charge in [0.1, 0.15) is 0 Å². The third-order valence-electron chi connectivity index (χ3n) is 6.01. The quantitative estimate of drug-likeness (QED) is 0.486. The number of nitrogens with zero attached hydrogens (tertiary/aromatic N) is 1. The first-order valence-corrected chi connectivity index (χ1v) is 11.1. The largest absolute Gasteiger partial charge is 0.395 e. The van der Waals surface area contributed by atoms with Gasteiger partial charge >= 0.3 is 0 Å². The van der Waals surface area contributed by atoms with E-state index in [0.29, 0.717) is 0 Å². The zero-order valence-corrected chi connectivity index (χ0v) is 18.1. The van der Waals surface area contributed by atoms with Crippen molar-refractivity contribution in [2.45, 2.75) is 41.9 Å². The summed E-state index contributed by atoms with van der Waals surface area (Å²) in [5.74, 6) is 0. The molecule has 1 saturated heterocycles. The lowest BCUT2D eigenvalue weighted by Crippen LogP contribution is -2.48. The maximum absolute atomic E-state index is 10.1. The van der Waals surface area contributed by atoms with Crippen molar-refractivity contribution in [3.63, 3.8) is 0 Å². The van der Waals surface area contributed by atoms with E-state index in [4.69, 9.17) is 0 Å². The molecule has 3 rings (SSSR count). The number of aliphatic hydroxyl groups is 1. The summed E-state index contributed by atoms with van der Waals surface area (Å²) in [6, 6.07) is 19.7. The molecule has 26 heavy (non-hydrogen) atoms. The molecule has 2 nitrogen and oxygen atoms in total. The summed E-state index contributed by atoms with van der Waals surface area (Å²) in [6.45, 7) is 8.09. The SMILES string of the molecule is CC(C)(CN1CCC(CO)(c2ccccc2)CC1)c1ccc(CI)cc1. The van der Waals surface area contributed by atoms with Gasteiger partial charge in [-0.1, -0.05) is 91.0 Å². The van der Waals surface area contributed by atoms with Crippen molar-refractivity contribution < 1.29 is 5.11 Å². The minimum atomic E-state index is -0.0656. The fraction of sp³-hybridized carbons (Fsp3) is 0.478. The van der Waals surface area contributed by atoms with Gasteiger partial charge in [0.15, 0.2) is 0 Å². The predicted molar refractivity (Wildman–Crippen MR) is 118 cm³/mol. The van der Waals surface area contributed by atoms with Gasteiger partial charge in [-0.25, -0.2) is 0 Å². The van der Waals surface area contributed by atoms with Crippen LogP contribution in [0.2, 0.25) is 0 Å². The molecule has 1 aliphatic heterocycles. The van der Waals surface area contributed by atoms with E-state index in [0.717, 1.165) is 36.9 Å². The van der Waals surface area contributed by atoms with Crippen LogP contribution in [0.5, 0.6) is 0 Å². The summed E-state index contributed by atoms with van der Waals surface area (Å²) in [4.78, 5) is 2.57. The van der Waals surface area contributed by atoms with Crippen LogP contribution in [-0.4, -0.2) is 36.2 Å². The van der Waals surface area contributed by atoms with E-state index >= 15 is 0 Å². The van der Waals surface area contributed by atoms with Crippen molar-refractivity contribution in [1.82, 2.24) is 4.90 Å². The van der Waals surface area contributed by atoms with E-state index < -0.39 is 0 Å².